The number of para-hydroxylation sites is 1. The molecule has 0 aliphatic carbocycles. The number of amides is 1. The Kier molecular flexibility index (Phi) is 5.68. The van der Waals surface area contributed by atoms with E-state index in [0.29, 0.717) is 22.4 Å². The molecule has 0 aliphatic heterocycles. The lowest BCUT2D eigenvalue weighted by Gasteiger charge is -2.11. The van der Waals surface area contributed by atoms with Gasteiger partial charge in [-0.05, 0) is 35.7 Å². The Morgan fingerprint density at radius 3 is 2.49 bits per heavy atom. The second-order valence-corrected chi connectivity index (χ2v) is 7.45. The zero-order chi connectivity index (χ0) is 24.2. The summed E-state index contributed by atoms with van der Waals surface area (Å²) in [5, 5.41) is 33.2. The van der Waals surface area contributed by atoms with E-state index in [-0.39, 0.29) is 28.4 Å². The normalized spacial score (nSPS) is 10.9. The van der Waals surface area contributed by atoms with E-state index in [9.17, 15) is 15.2 Å². The number of fused-ring (bicyclic) bond motifs is 1. The Bertz CT molecular complexity index is 1600. The number of carbonyl (C=O) groups excluding carboxylic acids is 1. The Morgan fingerprint density at radius 1 is 0.971 bits per heavy atom. The molecule has 1 amide bonds. The second-order valence-electron chi connectivity index (χ2n) is 7.45. The Morgan fingerprint density at radius 2 is 1.71 bits per heavy atom. The monoisotopic (exact) mass is 459 g/mol. The third-order valence-corrected chi connectivity index (χ3v) is 5.26. The quantitative estimate of drug-likeness (QED) is 0.327. The van der Waals surface area contributed by atoms with Gasteiger partial charge in [-0.15, -0.1) is 10.2 Å². The summed E-state index contributed by atoms with van der Waals surface area (Å²) >= 11 is 0. The minimum atomic E-state index is -0.491. The smallest absolute Gasteiger partial charge is 0.259 e. The van der Waals surface area contributed by atoms with Gasteiger partial charge in [0.1, 0.15) is 11.8 Å². The molecule has 168 valence electrons. The summed E-state index contributed by atoms with van der Waals surface area (Å²) in [5.41, 5.74) is 0.992. The van der Waals surface area contributed by atoms with E-state index in [1.54, 1.807) is 73.2 Å². The lowest BCUT2D eigenvalue weighted by molar-refractivity contribution is 0.102. The number of benzene rings is 3. The van der Waals surface area contributed by atoms with Crippen LogP contribution < -0.4 is 5.32 Å². The van der Waals surface area contributed by atoms with Gasteiger partial charge >= 0.3 is 0 Å². The van der Waals surface area contributed by atoms with Gasteiger partial charge in [0.2, 0.25) is 5.95 Å². The van der Waals surface area contributed by atoms with Gasteiger partial charge in [0.15, 0.2) is 11.6 Å². The first-order chi connectivity index (χ1) is 17.2. The fourth-order valence-corrected chi connectivity index (χ4v) is 3.60. The van der Waals surface area contributed by atoms with Crippen molar-refractivity contribution in [2.45, 2.75) is 0 Å². The van der Waals surface area contributed by atoms with Gasteiger partial charge in [-0.1, -0.05) is 42.5 Å². The van der Waals surface area contributed by atoms with E-state index in [4.69, 9.17) is 0 Å². The number of nitriles is 1. The average Bonchev–Trinajstić information content (AvgIpc) is 3.32. The Labute approximate surface area is 199 Å². The molecule has 0 unspecified atom stereocenters. The van der Waals surface area contributed by atoms with Crippen molar-refractivity contribution < 1.29 is 9.90 Å². The predicted octanol–water partition coefficient (Wildman–Crippen LogP) is 5.67. The van der Waals surface area contributed by atoms with Crippen molar-refractivity contribution in [3.05, 3.63) is 103 Å². The molecular formula is C26H17N7O2. The molecule has 0 bridgehead atoms. The number of hydrogen-bond donors (Lipinski definition) is 2. The zero-order valence-corrected chi connectivity index (χ0v) is 18.2. The van der Waals surface area contributed by atoms with Crippen molar-refractivity contribution in [1.29, 1.82) is 5.26 Å². The third-order valence-electron chi connectivity index (χ3n) is 5.26. The lowest BCUT2D eigenvalue weighted by atomic mass is 10.0. The number of carbonyl (C=O) groups is 1. The summed E-state index contributed by atoms with van der Waals surface area (Å²) in [4.78, 5) is 21.4. The first kappa shape index (κ1) is 21.5. The first-order valence-corrected chi connectivity index (χ1v) is 10.6. The molecule has 0 saturated heterocycles. The predicted molar refractivity (Wildman–Crippen MR) is 130 cm³/mol. The van der Waals surface area contributed by atoms with Gasteiger partial charge < -0.3 is 10.4 Å². The molecule has 2 N–H and O–H groups in total. The molecule has 0 aliphatic rings. The van der Waals surface area contributed by atoms with E-state index in [1.165, 1.54) is 4.57 Å². The number of anilines is 1. The summed E-state index contributed by atoms with van der Waals surface area (Å²) in [5.74, 6) is -0.308. The SMILES string of the molecule is N#Cc1ccn(-c2ncccn2)c1/N=N/c1c(O)c(C(=O)Nc2ccccc2)cc2ccccc12. The molecule has 9 heteroatoms. The van der Waals surface area contributed by atoms with Crippen molar-refractivity contribution in [2.75, 3.05) is 5.32 Å². The number of azo groups is 1. The van der Waals surface area contributed by atoms with Crippen LogP contribution in [0.15, 0.2) is 102 Å². The fraction of sp³-hybridized carbons (Fsp3) is 0. The van der Waals surface area contributed by atoms with Gasteiger partial charge in [-0.25, -0.2) is 9.97 Å². The van der Waals surface area contributed by atoms with Crippen LogP contribution in [-0.4, -0.2) is 25.5 Å². The fourth-order valence-electron chi connectivity index (χ4n) is 3.60. The van der Waals surface area contributed by atoms with Gasteiger partial charge in [-0.3, -0.25) is 9.36 Å². The molecule has 2 aromatic heterocycles. The van der Waals surface area contributed by atoms with E-state index in [2.05, 4.69) is 31.6 Å². The number of aromatic nitrogens is 3. The Balaban J connectivity index is 1.61. The van der Waals surface area contributed by atoms with Crippen LogP contribution in [0.4, 0.5) is 17.2 Å². The van der Waals surface area contributed by atoms with E-state index < -0.39 is 5.91 Å². The second kappa shape index (κ2) is 9.25. The number of phenolic OH excluding ortho intramolecular Hbond substituents is 1. The molecule has 3 aromatic carbocycles. The molecule has 0 saturated carbocycles. The summed E-state index contributed by atoms with van der Waals surface area (Å²) < 4.78 is 1.52. The van der Waals surface area contributed by atoms with Crippen molar-refractivity contribution >= 4 is 33.9 Å². The van der Waals surface area contributed by atoms with Crippen LogP contribution in [0.5, 0.6) is 5.75 Å². The molecule has 0 atom stereocenters. The molecule has 35 heavy (non-hydrogen) atoms. The molecule has 0 radical (unpaired) electrons. The van der Waals surface area contributed by atoms with E-state index in [1.807, 2.05) is 18.2 Å². The van der Waals surface area contributed by atoms with Crippen molar-refractivity contribution in [1.82, 2.24) is 14.5 Å². The largest absolute Gasteiger partial charge is 0.505 e. The molecule has 5 aromatic rings. The van der Waals surface area contributed by atoms with E-state index in [0.717, 1.165) is 0 Å². The third kappa shape index (κ3) is 4.19. The van der Waals surface area contributed by atoms with Crippen LogP contribution in [0, 0.1) is 11.3 Å². The van der Waals surface area contributed by atoms with Crippen LogP contribution >= 0.6 is 0 Å². The minimum Gasteiger partial charge on any atom is -0.505 e. The van der Waals surface area contributed by atoms with Gasteiger partial charge in [0.25, 0.3) is 5.91 Å². The topological polar surface area (TPSA) is 129 Å². The standard InChI is InChI=1S/C26H17N7O2/c27-16-18-11-14-33(26-28-12-6-13-29-26)24(18)32-31-22-20-10-5-4-7-17(20)15-21(23(22)34)25(35)30-19-8-2-1-3-9-19/h1-15,34H,(H,30,35)/b32-31+. The molecule has 0 fully saturated rings. The van der Waals surface area contributed by atoms with Crippen LogP contribution in [-0.2, 0) is 0 Å². The van der Waals surface area contributed by atoms with Gasteiger partial charge in [0.05, 0.1) is 11.1 Å². The number of phenols is 1. The van der Waals surface area contributed by atoms with Crippen LogP contribution in [0.2, 0.25) is 0 Å². The zero-order valence-electron chi connectivity index (χ0n) is 18.2. The maximum atomic E-state index is 13.0. The summed E-state index contributed by atoms with van der Waals surface area (Å²) in [7, 11) is 0. The van der Waals surface area contributed by atoms with Crippen LogP contribution in [0.25, 0.3) is 16.7 Å². The molecule has 0 spiro atoms. The number of aromatic hydroxyl groups is 1. The molecule has 2 heterocycles. The number of rotatable bonds is 5. The highest BCUT2D eigenvalue weighted by Gasteiger charge is 2.19. The minimum absolute atomic E-state index is 0.0452. The number of hydrogen-bond acceptors (Lipinski definition) is 7. The highest BCUT2D eigenvalue weighted by atomic mass is 16.3. The summed E-state index contributed by atoms with van der Waals surface area (Å²) in [6, 6.07) is 23.1. The first-order valence-electron chi connectivity index (χ1n) is 10.6. The summed E-state index contributed by atoms with van der Waals surface area (Å²) in [6.07, 6.45) is 4.76. The molecule has 5 rings (SSSR count). The summed E-state index contributed by atoms with van der Waals surface area (Å²) in [6.45, 7) is 0. The number of nitrogens with one attached hydrogen (secondary N) is 1. The number of nitrogens with zero attached hydrogens (tertiary/aromatic N) is 6. The van der Waals surface area contributed by atoms with Crippen LogP contribution in [0.1, 0.15) is 15.9 Å². The van der Waals surface area contributed by atoms with Gasteiger partial charge in [0, 0.05) is 29.7 Å². The molecular weight excluding hydrogens is 442 g/mol. The van der Waals surface area contributed by atoms with Crippen molar-refractivity contribution in [2.24, 2.45) is 10.2 Å². The van der Waals surface area contributed by atoms with Crippen molar-refractivity contribution in [3.8, 4) is 17.8 Å². The lowest BCUT2D eigenvalue weighted by Crippen LogP contribution is -2.12. The maximum Gasteiger partial charge on any atom is 0.259 e. The van der Waals surface area contributed by atoms with Gasteiger partial charge in [-0.2, -0.15) is 5.26 Å². The van der Waals surface area contributed by atoms with E-state index >= 15 is 0 Å². The van der Waals surface area contributed by atoms with Crippen LogP contribution in [0.3, 0.4) is 0 Å². The molecule has 9 nitrogen and oxygen atoms in total. The highest BCUT2D eigenvalue weighted by molar-refractivity contribution is 6.11. The average molecular weight is 459 g/mol. The maximum absolute atomic E-state index is 13.0. The Hall–Kier alpha value is -5.36. The highest BCUT2D eigenvalue weighted by Crippen LogP contribution is 2.40. The van der Waals surface area contributed by atoms with Crippen molar-refractivity contribution in [3.63, 3.8) is 0 Å².